The van der Waals surface area contributed by atoms with E-state index in [2.05, 4.69) is 25.8 Å². The molecule has 0 bridgehead atoms. The molecule has 0 spiro atoms. The third-order valence-electron chi connectivity index (χ3n) is 6.50. The van der Waals surface area contributed by atoms with E-state index in [9.17, 15) is 14.3 Å². The average molecular weight is 504 g/mol. The smallest absolute Gasteiger partial charge is 0.270 e. The Kier molecular flexibility index (Phi) is 8.30. The maximum Gasteiger partial charge on any atom is 0.270 e. The zero-order valence-corrected chi connectivity index (χ0v) is 20.7. The molecule has 2 atom stereocenters. The second-order valence-corrected chi connectivity index (χ2v) is 9.78. The fraction of sp³-hybridized carbons (Fsp3) is 0.520. The molecule has 188 valence electrons. The summed E-state index contributed by atoms with van der Waals surface area (Å²) in [6.45, 7) is 4.33. The second-order valence-electron chi connectivity index (χ2n) is 9.37. The van der Waals surface area contributed by atoms with E-state index < -0.39 is 5.82 Å². The zero-order chi connectivity index (χ0) is 24.9. The first kappa shape index (κ1) is 25.5. The van der Waals surface area contributed by atoms with E-state index in [1.807, 2.05) is 0 Å². The monoisotopic (exact) mass is 503 g/mol. The van der Waals surface area contributed by atoms with Gasteiger partial charge in [0.2, 0.25) is 0 Å². The molecule has 1 saturated carbocycles. The van der Waals surface area contributed by atoms with Gasteiger partial charge >= 0.3 is 0 Å². The van der Waals surface area contributed by atoms with Gasteiger partial charge in [-0.1, -0.05) is 22.8 Å². The van der Waals surface area contributed by atoms with Gasteiger partial charge in [0, 0.05) is 25.6 Å². The van der Waals surface area contributed by atoms with Gasteiger partial charge in [-0.2, -0.15) is 0 Å². The Morgan fingerprint density at radius 3 is 2.74 bits per heavy atom. The van der Waals surface area contributed by atoms with Gasteiger partial charge in [0.1, 0.15) is 29.2 Å². The molecule has 0 saturated heterocycles. The summed E-state index contributed by atoms with van der Waals surface area (Å²) in [4.78, 5) is 27.3. The van der Waals surface area contributed by atoms with Gasteiger partial charge in [-0.25, -0.2) is 14.4 Å². The number of oxime groups is 1. The number of aliphatic hydroxyl groups excluding tert-OH is 1. The number of hydrogen-bond acceptors (Lipinski definition) is 7. The molecule has 3 N–H and O–H groups in total. The van der Waals surface area contributed by atoms with Gasteiger partial charge in [-0.15, -0.1) is 0 Å². The van der Waals surface area contributed by atoms with Crippen molar-refractivity contribution in [2.75, 3.05) is 6.54 Å². The second kappa shape index (κ2) is 11.4. The Hall–Kier alpha value is -2.62. The quantitative estimate of drug-likeness (QED) is 0.508. The summed E-state index contributed by atoms with van der Waals surface area (Å²) in [5.74, 6) is 0.00963. The van der Waals surface area contributed by atoms with E-state index in [4.69, 9.17) is 16.4 Å². The lowest BCUT2D eigenvalue weighted by molar-refractivity contribution is 0.0228. The minimum absolute atomic E-state index is 0.00140. The van der Waals surface area contributed by atoms with E-state index in [1.54, 1.807) is 26.0 Å². The minimum Gasteiger partial charge on any atom is -0.392 e. The topological polar surface area (TPSA) is 109 Å². The number of halogens is 2. The lowest BCUT2D eigenvalue weighted by atomic mass is 9.81. The highest BCUT2D eigenvalue weighted by Gasteiger charge is 2.34. The van der Waals surface area contributed by atoms with Crippen LogP contribution in [0.15, 0.2) is 29.4 Å². The molecule has 4 rings (SSSR count). The van der Waals surface area contributed by atoms with Crippen molar-refractivity contribution in [3.05, 3.63) is 57.9 Å². The predicted octanol–water partition coefficient (Wildman–Crippen LogP) is 3.53. The highest BCUT2D eigenvalue weighted by Crippen LogP contribution is 2.33. The summed E-state index contributed by atoms with van der Waals surface area (Å²) in [7, 11) is 0. The van der Waals surface area contributed by atoms with Crippen LogP contribution in [0.5, 0.6) is 0 Å². The van der Waals surface area contributed by atoms with Crippen LogP contribution in [0.3, 0.4) is 0 Å². The highest BCUT2D eigenvalue weighted by molar-refractivity contribution is 6.30. The van der Waals surface area contributed by atoms with Crippen LogP contribution in [0.1, 0.15) is 66.6 Å². The highest BCUT2D eigenvalue weighted by atomic mass is 35.5. The number of carbonyl (C=O) groups excluding carboxylic acids is 1. The predicted molar refractivity (Wildman–Crippen MR) is 131 cm³/mol. The number of aryl methyl sites for hydroxylation is 1. The summed E-state index contributed by atoms with van der Waals surface area (Å²) in [5, 5.41) is 20.0. The zero-order valence-electron chi connectivity index (χ0n) is 19.9. The molecule has 1 aromatic heterocycles. The van der Waals surface area contributed by atoms with Crippen LogP contribution in [0.25, 0.3) is 0 Å². The van der Waals surface area contributed by atoms with Crippen LogP contribution in [0, 0.1) is 18.7 Å². The van der Waals surface area contributed by atoms with E-state index in [0.29, 0.717) is 47.7 Å². The molecule has 8 nitrogen and oxygen atoms in total. The number of nitrogens with zero attached hydrogens (tertiary/aromatic N) is 3. The van der Waals surface area contributed by atoms with Crippen LogP contribution in [0.2, 0.25) is 5.02 Å². The summed E-state index contributed by atoms with van der Waals surface area (Å²) >= 11 is 5.82. The molecule has 1 aromatic carbocycles. The van der Waals surface area contributed by atoms with Crippen LogP contribution in [-0.4, -0.2) is 51.5 Å². The van der Waals surface area contributed by atoms with Crippen molar-refractivity contribution in [2.24, 2.45) is 11.1 Å². The molecule has 0 radical (unpaired) electrons. The number of aliphatic hydroxyl groups is 1. The molecule has 1 fully saturated rings. The fourth-order valence-electron chi connectivity index (χ4n) is 4.59. The number of hydrogen-bond donors (Lipinski definition) is 3. The van der Waals surface area contributed by atoms with Crippen molar-refractivity contribution in [3.8, 4) is 0 Å². The summed E-state index contributed by atoms with van der Waals surface area (Å²) in [6, 6.07) is 6.37. The summed E-state index contributed by atoms with van der Waals surface area (Å²) in [6.07, 6.45) is 4.46. The van der Waals surface area contributed by atoms with Gasteiger partial charge < -0.3 is 20.6 Å². The number of rotatable bonds is 8. The molecular formula is C25H31ClFN5O3. The Labute approximate surface area is 209 Å². The van der Waals surface area contributed by atoms with Crippen molar-refractivity contribution in [1.82, 2.24) is 20.6 Å². The first-order chi connectivity index (χ1) is 16.8. The van der Waals surface area contributed by atoms with Crippen molar-refractivity contribution < 1.29 is 19.1 Å². The fourth-order valence-corrected chi connectivity index (χ4v) is 4.79. The van der Waals surface area contributed by atoms with Crippen LogP contribution in [0.4, 0.5) is 4.39 Å². The number of aromatic nitrogens is 2. The molecule has 2 aromatic rings. The SMILES string of the molecule is Cc1nc(C(=O)NCc2ccc(F)c(Cl)c2)cc(C2=NO[C@H](C3CCC(NC[C@H](C)O)CC3)C2)n1. The number of benzene rings is 1. The maximum atomic E-state index is 13.4. The molecule has 1 aliphatic heterocycles. The third-order valence-corrected chi connectivity index (χ3v) is 6.79. The Morgan fingerprint density at radius 1 is 1.26 bits per heavy atom. The Bertz CT molecular complexity index is 1090. The molecule has 35 heavy (non-hydrogen) atoms. The Morgan fingerprint density at radius 2 is 2.03 bits per heavy atom. The van der Waals surface area contributed by atoms with Gasteiger partial charge in [0.05, 0.1) is 16.8 Å². The molecule has 2 heterocycles. The van der Waals surface area contributed by atoms with E-state index in [-0.39, 0.29) is 35.4 Å². The van der Waals surface area contributed by atoms with Gasteiger partial charge in [-0.3, -0.25) is 4.79 Å². The van der Waals surface area contributed by atoms with Gasteiger partial charge in [0.15, 0.2) is 0 Å². The Balaban J connectivity index is 1.33. The molecule has 1 amide bonds. The van der Waals surface area contributed by atoms with Crippen molar-refractivity contribution >= 4 is 23.2 Å². The minimum atomic E-state index is -0.503. The molecular weight excluding hydrogens is 473 g/mol. The summed E-state index contributed by atoms with van der Waals surface area (Å²) in [5.41, 5.74) is 2.22. The lowest BCUT2D eigenvalue weighted by Gasteiger charge is -2.31. The molecule has 10 heteroatoms. The first-order valence-electron chi connectivity index (χ1n) is 12.0. The van der Waals surface area contributed by atoms with Crippen molar-refractivity contribution in [1.29, 1.82) is 0 Å². The summed E-state index contributed by atoms with van der Waals surface area (Å²) < 4.78 is 13.4. The first-order valence-corrected chi connectivity index (χ1v) is 12.4. The number of nitrogens with one attached hydrogen (secondary N) is 2. The van der Waals surface area contributed by atoms with E-state index in [1.165, 1.54) is 12.1 Å². The number of carbonyl (C=O) groups is 1. The van der Waals surface area contributed by atoms with Gasteiger partial charge in [-0.05, 0) is 69.2 Å². The van der Waals surface area contributed by atoms with Crippen LogP contribution >= 0.6 is 11.6 Å². The standard InChI is InChI=1S/C25H31ClFN5O3/c1-14(33)12-28-18-6-4-17(5-7-18)24-11-22(32-35-24)21-10-23(31-15(2)30-21)25(34)29-13-16-3-8-20(27)19(26)9-16/h3,8-10,14,17-18,24,28,33H,4-7,11-13H2,1-2H3,(H,29,34)/t14-,17?,18?,24-/m0/s1. The maximum absolute atomic E-state index is 13.4. The van der Waals surface area contributed by atoms with Crippen LogP contribution < -0.4 is 10.6 Å². The molecule has 2 aliphatic rings. The largest absolute Gasteiger partial charge is 0.392 e. The van der Waals surface area contributed by atoms with Gasteiger partial charge in [0.25, 0.3) is 5.91 Å². The lowest BCUT2D eigenvalue weighted by Crippen LogP contribution is -2.39. The van der Waals surface area contributed by atoms with E-state index in [0.717, 1.165) is 25.7 Å². The third kappa shape index (κ3) is 6.74. The molecule has 1 aliphatic carbocycles. The molecule has 0 unspecified atom stereocenters. The van der Waals surface area contributed by atoms with Crippen molar-refractivity contribution in [3.63, 3.8) is 0 Å². The normalized spacial score (nSPS) is 22.9. The van der Waals surface area contributed by atoms with E-state index >= 15 is 0 Å². The van der Waals surface area contributed by atoms with Crippen molar-refractivity contribution in [2.45, 2.75) is 70.7 Å². The van der Waals surface area contributed by atoms with Crippen LogP contribution in [-0.2, 0) is 11.4 Å². The number of amides is 1. The average Bonchev–Trinajstić information content (AvgIpc) is 3.33.